The fourth-order valence-corrected chi connectivity index (χ4v) is 4.43. The average Bonchev–Trinajstić information content (AvgIpc) is 3.09. The summed E-state index contributed by atoms with van der Waals surface area (Å²) < 4.78 is 5.54. The van der Waals surface area contributed by atoms with E-state index < -0.39 is 0 Å². The summed E-state index contributed by atoms with van der Waals surface area (Å²) >= 11 is 0. The molecule has 0 unspecified atom stereocenters. The number of imide groups is 1. The number of carbonyl (C=O) groups is 2. The molecule has 2 aromatic carbocycles. The molecule has 3 aromatic rings. The second-order valence-electron chi connectivity index (χ2n) is 7.88. The van der Waals surface area contributed by atoms with E-state index in [1.807, 2.05) is 59.5 Å². The lowest BCUT2D eigenvalue weighted by Crippen LogP contribution is -2.37. The Morgan fingerprint density at radius 2 is 1.66 bits per heavy atom. The van der Waals surface area contributed by atoms with Gasteiger partial charge in [0.2, 0.25) is 0 Å². The minimum Gasteiger partial charge on any atom is -0.496 e. The van der Waals surface area contributed by atoms with E-state index in [9.17, 15) is 9.59 Å². The second-order valence-corrected chi connectivity index (χ2v) is 7.88. The Labute approximate surface area is 186 Å². The molecular weight excluding hydrogens is 402 g/mol. The number of pyridine rings is 1. The van der Waals surface area contributed by atoms with E-state index in [4.69, 9.17) is 4.74 Å². The van der Waals surface area contributed by atoms with Gasteiger partial charge in [-0.25, -0.2) is 0 Å². The first-order chi connectivity index (χ1) is 15.7. The molecule has 2 aliphatic rings. The molecule has 0 saturated heterocycles. The van der Waals surface area contributed by atoms with Crippen LogP contribution in [0, 0.1) is 0 Å². The normalized spacial score (nSPS) is 15.9. The zero-order chi connectivity index (χ0) is 22.1. The first kappa shape index (κ1) is 20.0. The number of hydrogen-bond donors (Lipinski definition) is 0. The molecule has 3 heterocycles. The molecule has 2 aliphatic heterocycles. The fourth-order valence-electron chi connectivity index (χ4n) is 4.43. The van der Waals surface area contributed by atoms with E-state index in [-0.39, 0.29) is 18.4 Å². The Morgan fingerprint density at radius 1 is 0.906 bits per heavy atom. The fraction of sp³-hybridized carbons (Fsp3) is 0.192. The highest BCUT2D eigenvalue weighted by Gasteiger charge is 2.43. The molecule has 0 atom stereocenters. The maximum absolute atomic E-state index is 13.7. The third kappa shape index (κ3) is 3.43. The predicted molar refractivity (Wildman–Crippen MR) is 120 cm³/mol. The van der Waals surface area contributed by atoms with Crippen LogP contribution in [0.25, 0.3) is 5.57 Å². The molecule has 5 rings (SSSR count). The van der Waals surface area contributed by atoms with Crippen LogP contribution in [0.15, 0.2) is 78.6 Å². The molecule has 6 heteroatoms. The average molecular weight is 425 g/mol. The molecule has 0 bridgehead atoms. The molecule has 1 aromatic heterocycles. The number of ether oxygens (including phenoxy) is 1. The van der Waals surface area contributed by atoms with Gasteiger partial charge in [-0.15, -0.1) is 0 Å². The second kappa shape index (κ2) is 8.30. The first-order valence-electron chi connectivity index (χ1n) is 10.6. The van der Waals surface area contributed by atoms with Crippen molar-refractivity contribution in [3.05, 3.63) is 101 Å². The number of para-hydroxylation sites is 1. The Morgan fingerprint density at radius 3 is 2.44 bits per heavy atom. The number of amides is 2. The third-order valence-corrected chi connectivity index (χ3v) is 6.01. The Balaban J connectivity index is 1.59. The van der Waals surface area contributed by atoms with Crippen molar-refractivity contribution in [2.75, 3.05) is 13.7 Å². The van der Waals surface area contributed by atoms with Crippen LogP contribution in [0.4, 0.5) is 0 Å². The summed E-state index contributed by atoms with van der Waals surface area (Å²) in [5.41, 5.74) is 4.58. The van der Waals surface area contributed by atoms with Crippen molar-refractivity contribution in [3.63, 3.8) is 0 Å². The van der Waals surface area contributed by atoms with E-state index in [1.54, 1.807) is 13.3 Å². The summed E-state index contributed by atoms with van der Waals surface area (Å²) in [4.78, 5) is 34.9. The van der Waals surface area contributed by atoms with E-state index >= 15 is 0 Å². The quantitative estimate of drug-likeness (QED) is 0.586. The van der Waals surface area contributed by atoms with Crippen LogP contribution in [-0.2, 0) is 29.1 Å². The van der Waals surface area contributed by atoms with Gasteiger partial charge in [-0.1, -0.05) is 48.5 Å². The number of hydrogen-bond acceptors (Lipinski definition) is 5. The van der Waals surface area contributed by atoms with E-state index in [0.29, 0.717) is 41.4 Å². The highest BCUT2D eigenvalue weighted by atomic mass is 16.5. The number of fused-ring (bicyclic) bond motifs is 1. The van der Waals surface area contributed by atoms with Crippen molar-refractivity contribution in [1.29, 1.82) is 0 Å². The number of nitrogens with zero attached hydrogens (tertiary/aromatic N) is 3. The van der Waals surface area contributed by atoms with Crippen LogP contribution in [0.5, 0.6) is 5.75 Å². The highest BCUT2D eigenvalue weighted by Crippen LogP contribution is 2.38. The molecule has 0 radical (unpaired) electrons. The third-order valence-electron chi connectivity index (χ3n) is 6.01. The minimum atomic E-state index is -0.320. The van der Waals surface area contributed by atoms with Gasteiger partial charge in [0.05, 0.1) is 24.9 Å². The summed E-state index contributed by atoms with van der Waals surface area (Å²) in [5.74, 6) is -0.0433. The summed E-state index contributed by atoms with van der Waals surface area (Å²) in [6, 6.07) is 21.1. The van der Waals surface area contributed by atoms with Crippen molar-refractivity contribution < 1.29 is 14.3 Å². The molecule has 2 amide bonds. The molecule has 0 N–H and O–H groups in total. The smallest absolute Gasteiger partial charge is 0.278 e. The van der Waals surface area contributed by atoms with Crippen LogP contribution >= 0.6 is 0 Å². The van der Waals surface area contributed by atoms with Crippen molar-refractivity contribution in [2.45, 2.75) is 19.5 Å². The highest BCUT2D eigenvalue weighted by molar-refractivity contribution is 6.35. The maximum atomic E-state index is 13.7. The van der Waals surface area contributed by atoms with E-state index in [1.165, 1.54) is 16.0 Å². The summed E-state index contributed by atoms with van der Waals surface area (Å²) in [6.07, 6.45) is 2.48. The molecular formula is C26H23N3O3. The Hall–Kier alpha value is -3.93. The predicted octanol–water partition coefficient (Wildman–Crippen LogP) is 3.43. The van der Waals surface area contributed by atoms with Crippen LogP contribution in [0.2, 0.25) is 0 Å². The van der Waals surface area contributed by atoms with Gasteiger partial charge in [-0.2, -0.15) is 0 Å². The minimum absolute atomic E-state index is 0.130. The summed E-state index contributed by atoms with van der Waals surface area (Å²) in [7, 11) is 1.57. The lowest BCUT2D eigenvalue weighted by atomic mass is 9.97. The summed E-state index contributed by atoms with van der Waals surface area (Å²) in [5, 5.41) is 0. The molecule has 0 fully saturated rings. The number of rotatable bonds is 5. The van der Waals surface area contributed by atoms with Crippen LogP contribution < -0.4 is 4.74 Å². The number of benzene rings is 2. The molecule has 0 aliphatic carbocycles. The largest absolute Gasteiger partial charge is 0.496 e. The van der Waals surface area contributed by atoms with Gasteiger partial charge < -0.3 is 9.64 Å². The standard InChI is InChI=1S/C26H23N3O3/c1-32-22-12-5-4-11-21(22)23-24(28-15-13-18-8-2-3-9-19(18)16-28)26(31)29(25(23)30)17-20-10-6-7-14-27-20/h2-12,14H,13,15-17H2,1H3. The maximum Gasteiger partial charge on any atom is 0.278 e. The van der Waals surface area contributed by atoms with Gasteiger partial charge in [-0.05, 0) is 35.7 Å². The number of aromatic nitrogens is 1. The zero-order valence-electron chi connectivity index (χ0n) is 17.8. The van der Waals surface area contributed by atoms with Gasteiger partial charge in [0.25, 0.3) is 11.8 Å². The van der Waals surface area contributed by atoms with Crippen LogP contribution in [0.1, 0.15) is 22.4 Å². The molecule has 6 nitrogen and oxygen atoms in total. The lowest BCUT2D eigenvalue weighted by Gasteiger charge is -2.31. The Kier molecular flexibility index (Phi) is 5.19. The Bertz CT molecular complexity index is 1220. The number of methoxy groups -OCH3 is 1. The van der Waals surface area contributed by atoms with Crippen LogP contribution in [-0.4, -0.2) is 40.3 Å². The van der Waals surface area contributed by atoms with Crippen molar-refractivity contribution in [2.24, 2.45) is 0 Å². The number of carbonyl (C=O) groups excluding carboxylic acids is 2. The van der Waals surface area contributed by atoms with Gasteiger partial charge in [-0.3, -0.25) is 19.5 Å². The monoisotopic (exact) mass is 425 g/mol. The molecule has 0 saturated carbocycles. The molecule has 160 valence electrons. The van der Waals surface area contributed by atoms with E-state index in [0.717, 1.165) is 6.42 Å². The van der Waals surface area contributed by atoms with Gasteiger partial charge in [0.15, 0.2) is 0 Å². The SMILES string of the molecule is COc1ccccc1C1=C(N2CCc3ccccc3C2)C(=O)N(Cc2ccccn2)C1=O. The van der Waals surface area contributed by atoms with Gasteiger partial charge >= 0.3 is 0 Å². The van der Waals surface area contributed by atoms with Crippen LogP contribution in [0.3, 0.4) is 0 Å². The zero-order valence-corrected chi connectivity index (χ0v) is 17.8. The van der Waals surface area contributed by atoms with Crippen molar-refractivity contribution in [1.82, 2.24) is 14.8 Å². The van der Waals surface area contributed by atoms with Gasteiger partial charge in [0.1, 0.15) is 11.4 Å². The van der Waals surface area contributed by atoms with Crippen molar-refractivity contribution >= 4 is 17.4 Å². The topological polar surface area (TPSA) is 62.7 Å². The lowest BCUT2D eigenvalue weighted by molar-refractivity contribution is -0.138. The van der Waals surface area contributed by atoms with Gasteiger partial charge in [0, 0.05) is 24.8 Å². The van der Waals surface area contributed by atoms with Crippen molar-refractivity contribution in [3.8, 4) is 5.75 Å². The summed E-state index contributed by atoms with van der Waals surface area (Å²) in [6.45, 7) is 1.38. The molecule has 0 spiro atoms. The molecule has 32 heavy (non-hydrogen) atoms. The van der Waals surface area contributed by atoms with E-state index in [2.05, 4.69) is 17.1 Å². The first-order valence-corrected chi connectivity index (χ1v) is 10.6.